The third-order valence-electron chi connectivity index (χ3n) is 5.93. The molecule has 2 aromatic carbocycles. The first kappa shape index (κ1) is 19.8. The number of fused-ring (bicyclic) bond motifs is 2. The predicted molar refractivity (Wildman–Crippen MR) is 120 cm³/mol. The van der Waals surface area contributed by atoms with Crippen LogP contribution in [-0.4, -0.2) is 66.1 Å². The lowest BCUT2D eigenvalue weighted by atomic mass is 10.0. The minimum Gasteiger partial charge on any atom is -0.508 e. The molecule has 8 nitrogen and oxygen atoms in total. The molecule has 0 spiro atoms. The van der Waals surface area contributed by atoms with E-state index in [0.717, 1.165) is 67.1 Å². The van der Waals surface area contributed by atoms with Crippen LogP contribution in [0, 0.1) is 0 Å². The maximum absolute atomic E-state index is 10.3. The van der Waals surface area contributed by atoms with Gasteiger partial charge in [-0.25, -0.2) is 0 Å². The number of rotatable bonds is 5. The third-order valence-corrected chi connectivity index (χ3v) is 5.93. The molecule has 1 fully saturated rings. The smallest absolute Gasteiger partial charge is 0.318 e. The van der Waals surface area contributed by atoms with Crippen molar-refractivity contribution >= 4 is 22.3 Å². The van der Waals surface area contributed by atoms with Gasteiger partial charge in [-0.1, -0.05) is 24.3 Å². The number of nitrogens with one attached hydrogen (secondary N) is 1. The van der Waals surface area contributed by atoms with E-state index in [-0.39, 0.29) is 19.0 Å². The van der Waals surface area contributed by atoms with E-state index >= 15 is 0 Å². The number of hydrogen-bond acceptors (Lipinski definition) is 8. The SMILES string of the molecule is OCCOc1nc2c(c(N3CCNCC3)n1)CCN(c1cc(O)cc3ccccc13)C2. The van der Waals surface area contributed by atoms with Gasteiger partial charge in [0.25, 0.3) is 0 Å². The van der Waals surface area contributed by atoms with Crippen molar-refractivity contribution in [3.8, 4) is 11.8 Å². The van der Waals surface area contributed by atoms with Crippen LogP contribution in [0.1, 0.15) is 11.3 Å². The van der Waals surface area contributed by atoms with E-state index in [0.29, 0.717) is 12.6 Å². The van der Waals surface area contributed by atoms with Crippen molar-refractivity contribution in [3.63, 3.8) is 0 Å². The first-order valence-electron chi connectivity index (χ1n) is 10.8. The van der Waals surface area contributed by atoms with Crippen molar-refractivity contribution in [2.24, 2.45) is 0 Å². The van der Waals surface area contributed by atoms with Gasteiger partial charge in [-0.3, -0.25) is 0 Å². The van der Waals surface area contributed by atoms with Crippen LogP contribution in [0.15, 0.2) is 36.4 Å². The van der Waals surface area contributed by atoms with Gasteiger partial charge >= 0.3 is 6.01 Å². The molecule has 0 radical (unpaired) electrons. The van der Waals surface area contributed by atoms with E-state index < -0.39 is 0 Å². The minimum atomic E-state index is -0.0786. The first-order valence-corrected chi connectivity index (χ1v) is 10.8. The largest absolute Gasteiger partial charge is 0.508 e. The van der Waals surface area contributed by atoms with Crippen molar-refractivity contribution in [3.05, 3.63) is 47.7 Å². The number of phenols is 1. The second-order valence-electron chi connectivity index (χ2n) is 7.92. The molecule has 2 aliphatic heterocycles. The van der Waals surface area contributed by atoms with E-state index in [9.17, 15) is 10.2 Å². The van der Waals surface area contributed by atoms with E-state index in [4.69, 9.17) is 14.7 Å². The summed E-state index contributed by atoms with van der Waals surface area (Å²) in [6, 6.07) is 12.0. The van der Waals surface area contributed by atoms with Crippen LogP contribution in [0.25, 0.3) is 10.8 Å². The van der Waals surface area contributed by atoms with Gasteiger partial charge in [-0.2, -0.15) is 9.97 Å². The molecule has 1 saturated heterocycles. The van der Waals surface area contributed by atoms with Gasteiger partial charge in [0, 0.05) is 55.4 Å². The molecule has 5 rings (SSSR count). The molecule has 0 bridgehead atoms. The number of piperazine rings is 1. The topological polar surface area (TPSA) is 94.0 Å². The van der Waals surface area contributed by atoms with Crippen LogP contribution in [0.2, 0.25) is 0 Å². The molecule has 0 aliphatic carbocycles. The summed E-state index contributed by atoms with van der Waals surface area (Å²) < 4.78 is 5.61. The summed E-state index contributed by atoms with van der Waals surface area (Å²) in [4.78, 5) is 14.0. The summed E-state index contributed by atoms with van der Waals surface area (Å²) in [5, 5.41) is 25.0. The summed E-state index contributed by atoms with van der Waals surface area (Å²) >= 11 is 0. The quantitative estimate of drug-likeness (QED) is 0.573. The average molecular weight is 422 g/mol. The van der Waals surface area contributed by atoms with Crippen LogP contribution in [0.4, 0.5) is 11.5 Å². The van der Waals surface area contributed by atoms with Crippen molar-refractivity contribution < 1.29 is 14.9 Å². The lowest BCUT2D eigenvalue weighted by molar-refractivity contribution is 0.191. The summed E-state index contributed by atoms with van der Waals surface area (Å²) in [6.45, 7) is 5.15. The van der Waals surface area contributed by atoms with Crippen molar-refractivity contribution in [2.45, 2.75) is 13.0 Å². The van der Waals surface area contributed by atoms with Gasteiger partial charge in [0.05, 0.1) is 18.8 Å². The molecule has 0 amide bonds. The van der Waals surface area contributed by atoms with E-state index in [1.165, 1.54) is 5.56 Å². The Balaban J connectivity index is 1.53. The number of phenolic OH excluding ortho intramolecular Hbond substituents is 1. The second-order valence-corrected chi connectivity index (χ2v) is 7.92. The molecule has 1 aromatic heterocycles. The Hall–Kier alpha value is -3.10. The number of benzene rings is 2. The van der Waals surface area contributed by atoms with Crippen LogP contribution in [-0.2, 0) is 13.0 Å². The molecule has 0 atom stereocenters. The number of aromatic hydroxyl groups is 1. The first-order chi connectivity index (χ1) is 15.2. The van der Waals surface area contributed by atoms with Crippen LogP contribution < -0.4 is 19.9 Å². The Morgan fingerprint density at radius 1 is 1.03 bits per heavy atom. The Labute approximate surface area is 181 Å². The van der Waals surface area contributed by atoms with E-state index in [1.54, 1.807) is 6.07 Å². The third kappa shape index (κ3) is 3.96. The lowest BCUT2D eigenvalue weighted by Gasteiger charge is -2.35. The Kier molecular flexibility index (Phi) is 5.48. The van der Waals surface area contributed by atoms with Gasteiger partial charge in [0.2, 0.25) is 0 Å². The van der Waals surface area contributed by atoms with Crippen molar-refractivity contribution in [2.75, 3.05) is 55.7 Å². The normalized spacial score (nSPS) is 16.4. The Morgan fingerprint density at radius 3 is 2.71 bits per heavy atom. The molecule has 0 unspecified atom stereocenters. The molecule has 162 valence electrons. The van der Waals surface area contributed by atoms with Crippen LogP contribution in [0.3, 0.4) is 0 Å². The fourth-order valence-corrected chi connectivity index (χ4v) is 4.47. The van der Waals surface area contributed by atoms with Gasteiger partial charge in [0.1, 0.15) is 18.2 Å². The van der Waals surface area contributed by atoms with E-state index in [1.807, 2.05) is 24.3 Å². The number of aliphatic hydroxyl groups is 1. The molecule has 31 heavy (non-hydrogen) atoms. The number of aromatic nitrogens is 2. The van der Waals surface area contributed by atoms with Crippen molar-refractivity contribution in [1.82, 2.24) is 15.3 Å². The summed E-state index contributed by atoms with van der Waals surface area (Å²) in [7, 11) is 0. The number of anilines is 2. The highest BCUT2D eigenvalue weighted by atomic mass is 16.5. The predicted octanol–water partition coefficient (Wildman–Crippen LogP) is 1.68. The molecule has 3 heterocycles. The summed E-state index contributed by atoms with van der Waals surface area (Å²) in [5.74, 6) is 1.20. The standard InChI is InChI=1S/C23H27N5O3/c29-11-12-31-23-25-20-15-28(21-14-17(30)13-16-3-1-2-4-18(16)21)8-5-19(20)22(26-23)27-9-6-24-7-10-27/h1-4,13-14,24,29-30H,5-12,15H2. The van der Waals surface area contributed by atoms with Crippen LogP contribution >= 0.6 is 0 Å². The van der Waals surface area contributed by atoms with Gasteiger partial charge in [-0.05, 0) is 17.9 Å². The second kappa shape index (κ2) is 8.56. The zero-order valence-corrected chi connectivity index (χ0v) is 17.4. The van der Waals surface area contributed by atoms with E-state index in [2.05, 4.69) is 21.2 Å². The lowest BCUT2D eigenvalue weighted by Crippen LogP contribution is -2.45. The fourth-order valence-electron chi connectivity index (χ4n) is 4.47. The van der Waals surface area contributed by atoms with Crippen LogP contribution in [0.5, 0.6) is 11.8 Å². The highest BCUT2D eigenvalue weighted by molar-refractivity contribution is 5.95. The molecular weight excluding hydrogens is 394 g/mol. The highest BCUT2D eigenvalue weighted by Crippen LogP contribution is 2.36. The van der Waals surface area contributed by atoms with Gasteiger partial charge in [-0.15, -0.1) is 0 Å². The molecule has 3 N–H and O–H groups in total. The summed E-state index contributed by atoms with van der Waals surface area (Å²) in [5.41, 5.74) is 3.11. The van der Waals surface area contributed by atoms with Crippen molar-refractivity contribution in [1.29, 1.82) is 0 Å². The zero-order chi connectivity index (χ0) is 21.2. The zero-order valence-electron chi connectivity index (χ0n) is 17.4. The number of nitrogens with zero attached hydrogens (tertiary/aromatic N) is 4. The Morgan fingerprint density at radius 2 is 1.87 bits per heavy atom. The average Bonchev–Trinajstić information content (AvgIpc) is 2.81. The molecule has 2 aliphatic rings. The number of ether oxygens (including phenoxy) is 1. The van der Waals surface area contributed by atoms with Gasteiger partial charge < -0.3 is 30.1 Å². The number of aliphatic hydroxyl groups excluding tert-OH is 1. The Bertz CT molecular complexity index is 1080. The van der Waals surface area contributed by atoms with Gasteiger partial charge in [0.15, 0.2) is 0 Å². The maximum atomic E-state index is 10.3. The minimum absolute atomic E-state index is 0.0786. The fraction of sp³-hybridized carbons (Fsp3) is 0.391. The molecule has 3 aromatic rings. The maximum Gasteiger partial charge on any atom is 0.318 e. The number of hydrogen-bond donors (Lipinski definition) is 3. The molecule has 0 saturated carbocycles. The molecule has 8 heteroatoms. The molecular formula is C23H27N5O3. The summed E-state index contributed by atoms with van der Waals surface area (Å²) in [6.07, 6.45) is 0.818. The highest BCUT2D eigenvalue weighted by Gasteiger charge is 2.27. The monoisotopic (exact) mass is 421 g/mol.